The summed E-state index contributed by atoms with van der Waals surface area (Å²) in [5.74, 6) is 0.360. The predicted molar refractivity (Wildman–Crippen MR) is 81.1 cm³/mol. The van der Waals surface area contributed by atoms with Crippen molar-refractivity contribution < 1.29 is 14.6 Å². The highest BCUT2D eigenvalue weighted by molar-refractivity contribution is 5.77. The number of rotatable bonds is 5. The van der Waals surface area contributed by atoms with E-state index in [0.717, 1.165) is 31.5 Å². The molecule has 1 atom stereocenters. The van der Waals surface area contributed by atoms with Crippen LogP contribution in [-0.4, -0.2) is 48.8 Å². The number of aromatic hydroxyl groups is 1. The van der Waals surface area contributed by atoms with Gasteiger partial charge in [0.15, 0.2) is 0 Å². The van der Waals surface area contributed by atoms with E-state index in [2.05, 4.69) is 12.2 Å². The lowest BCUT2D eigenvalue weighted by atomic mass is 10.0. The molecule has 0 bridgehead atoms. The SMILES string of the molecule is COCC(=O)N1CCC(NC(C)c2ccc(O)cc2)CC1. The van der Waals surface area contributed by atoms with Crippen LogP contribution in [0.2, 0.25) is 0 Å². The summed E-state index contributed by atoms with van der Waals surface area (Å²) in [6.45, 7) is 3.85. The van der Waals surface area contributed by atoms with Crippen molar-refractivity contribution in [1.82, 2.24) is 10.2 Å². The quantitative estimate of drug-likeness (QED) is 0.867. The van der Waals surface area contributed by atoms with Gasteiger partial charge < -0.3 is 20.1 Å². The Kier molecular flexibility index (Phi) is 5.59. The second kappa shape index (κ2) is 7.43. The fourth-order valence-electron chi connectivity index (χ4n) is 2.72. The minimum atomic E-state index is 0.0718. The molecule has 0 aliphatic carbocycles. The molecule has 21 heavy (non-hydrogen) atoms. The summed E-state index contributed by atoms with van der Waals surface area (Å²) in [4.78, 5) is 13.6. The Morgan fingerprint density at radius 2 is 2.00 bits per heavy atom. The van der Waals surface area contributed by atoms with Crippen LogP contribution in [0.5, 0.6) is 5.75 Å². The molecule has 1 aromatic rings. The molecule has 116 valence electrons. The molecule has 0 spiro atoms. The first kappa shape index (κ1) is 15.8. The predicted octanol–water partition coefficient (Wildman–Crippen LogP) is 1.68. The largest absolute Gasteiger partial charge is 0.508 e. The van der Waals surface area contributed by atoms with E-state index in [-0.39, 0.29) is 24.3 Å². The van der Waals surface area contributed by atoms with Crippen LogP contribution in [0.15, 0.2) is 24.3 Å². The lowest BCUT2D eigenvalue weighted by Gasteiger charge is -2.34. The Labute approximate surface area is 125 Å². The molecule has 1 unspecified atom stereocenters. The molecular formula is C16H24N2O3. The Morgan fingerprint density at radius 3 is 2.57 bits per heavy atom. The molecule has 1 saturated heterocycles. The molecule has 5 heteroatoms. The second-order valence-electron chi connectivity index (χ2n) is 5.57. The average Bonchev–Trinajstić information content (AvgIpc) is 2.49. The molecule has 2 rings (SSSR count). The number of likely N-dealkylation sites (tertiary alicyclic amines) is 1. The first-order valence-corrected chi connectivity index (χ1v) is 7.42. The summed E-state index contributed by atoms with van der Waals surface area (Å²) in [7, 11) is 1.55. The Bertz CT molecular complexity index is 453. The molecule has 1 fully saturated rings. The molecule has 1 heterocycles. The van der Waals surface area contributed by atoms with Crippen LogP contribution >= 0.6 is 0 Å². The van der Waals surface area contributed by atoms with Gasteiger partial charge in [0.1, 0.15) is 12.4 Å². The number of benzene rings is 1. The van der Waals surface area contributed by atoms with E-state index in [1.165, 1.54) is 0 Å². The van der Waals surface area contributed by atoms with Crippen molar-refractivity contribution in [3.8, 4) is 5.75 Å². The van der Waals surface area contributed by atoms with Crippen molar-refractivity contribution in [1.29, 1.82) is 0 Å². The molecule has 2 N–H and O–H groups in total. The number of phenols is 1. The van der Waals surface area contributed by atoms with Gasteiger partial charge >= 0.3 is 0 Å². The highest BCUT2D eigenvalue weighted by atomic mass is 16.5. The van der Waals surface area contributed by atoms with Gasteiger partial charge in [-0.3, -0.25) is 4.79 Å². The molecular weight excluding hydrogens is 268 g/mol. The zero-order chi connectivity index (χ0) is 15.2. The van der Waals surface area contributed by atoms with Crippen LogP contribution in [0, 0.1) is 0 Å². The van der Waals surface area contributed by atoms with Gasteiger partial charge in [-0.05, 0) is 37.5 Å². The number of carbonyl (C=O) groups is 1. The van der Waals surface area contributed by atoms with Gasteiger partial charge in [-0.1, -0.05) is 12.1 Å². The number of phenolic OH excluding ortho intramolecular Hbond substituents is 1. The number of carbonyl (C=O) groups excluding carboxylic acids is 1. The molecule has 1 amide bonds. The third kappa shape index (κ3) is 4.44. The number of nitrogens with zero attached hydrogens (tertiary/aromatic N) is 1. The maximum atomic E-state index is 11.7. The topological polar surface area (TPSA) is 61.8 Å². The van der Waals surface area contributed by atoms with Crippen LogP contribution in [0.4, 0.5) is 0 Å². The number of hydrogen-bond donors (Lipinski definition) is 2. The lowest BCUT2D eigenvalue weighted by molar-refractivity contribution is -0.136. The average molecular weight is 292 g/mol. The summed E-state index contributed by atoms with van der Waals surface area (Å²) in [5.41, 5.74) is 1.16. The number of nitrogens with one attached hydrogen (secondary N) is 1. The highest BCUT2D eigenvalue weighted by Crippen LogP contribution is 2.19. The normalized spacial score (nSPS) is 17.7. The zero-order valence-electron chi connectivity index (χ0n) is 12.7. The lowest BCUT2D eigenvalue weighted by Crippen LogP contribution is -2.46. The third-order valence-corrected chi connectivity index (χ3v) is 3.99. The van der Waals surface area contributed by atoms with Crippen LogP contribution in [-0.2, 0) is 9.53 Å². The summed E-state index contributed by atoms with van der Waals surface area (Å²) in [5, 5.41) is 12.9. The fourth-order valence-corrected chi connectivity index (χ4v) is 2.72. The van der Waals surface area contributed by atoms with E-state index >= 15 is 0 Å². The minimum Gasteiger partial charge on any atom is -0.508 e. The van der Waals surface area contributed by atoms with E-state index in [1.54, 1.807) is 19.2 Å². The van der Waals surface area contributed by atoms with Crippen molar-refractivity contribution in [2.75, 3.05) is 26.8 Å². The summed E-state index contributed by atoms with van der Waals surface area (Å²) in [6, 6.07) is 7.94. The van der Waals surface area contributed by atoms with Gasteiger partial charge in [0.05, 0.1) is 0 Å². The zero-order valence-corrected chi connectivity index (χ0v) is 12.7. The number of piperidine rings is 1. The van der Waals surface area contributed by atoms with Gasteiger partial charge in [0, 0.05) is 32.3 Å². The van der Waals surface area contributed by atoms with Gasteiger partial charge in [0.25, 0.3) is 0 Å². The number of amides is 1. The Morgan fingerprint density at radius 1 is 1.38 bits per heavy atom. The van der Waals surface area contributed by atoms with Crippen molar-refractivity contribution >= 4 is 5.91 Å². The second-order valence-corrected chi connectivity index (χ2v) is 5.57. The van der Waals surface area contributed by atoms with Gasteiger partial charge in [-0.2, -0.15) is 0 Å². The minimum absolute atomic E-state index is 0.0718. The van der Waals surface area contributed by atoms with Gasteiger partial charge in [0.2, 0.25) is 5.91 Å². The molecule has 0 saturated carbocycles. The van der Waals surface area contributed by atoms with Crippen molar-refractivity contribution in [3.63, 3.8) is 0 Å². The molecule has 0 aromatic heterocycles. The van der Waals surface area contributed by atoms with Crippen molar-refractivity contribution in [2.24, 2.45) is 0 Å². The van der Waals surface area contributed by atoms with E-state index < -0.39 is 0 Å². The first-order chi connectivity index (χ1) is 10.1. The Hall–Kier alpha value is -1.59. The number of hydrogen-bond acceptors (Lipinski definition) is 4. The summed E-state index contributed by atoms with van der Waals surface area (Å²) >= 11 is 0. The monoisotopic (exact) mass is 292 g/mol. The molecule has 1 aliphatic heterocycles. The molecule has 0 radical (unpaired) electrons. The van der Waals surface area contributed by atoms with E-state index in [0.29, 0.717) is 6.04 Å². The van der Waals surface area contributed by atoms with Gasteiger partial charge in [-0.15, -0.1) is 0 Å². The van der Waals surface area contributed by atoms with Crippen molar-refractivity contribution in [2.45, 2.75) is 31.8 Å². The maximum Gasteiger partial charge on any atom is 0.248 e. The van der Waals surface area contributed by atoms with Crippen LogP contribution in [0.3, 0.4) is 0 Å². The van der Waals surface area contributed by atoms with Gasteiger partial charge in [-0.25, -0.2) is 0 Å². The van der Waals surface area contributed by atoms with Crippen LogP contribution in [0.1, 0.15) is 31.4 Å². The molecule has 5 nitrogen and oxygen atoms in total. The highest BCUT2D eigenvalue weighted by Gasteiger charge is 2.23. The molecule has 1 aliphatic rings. The van der Waals surface area contributed by atoms with Crippen LogP contribution in [0.25, 0.3) is 0 Å². The number of methoxy groups -OCH3 is 1. The fraction of sp³-hybridized carbons (Fsp3) is 0.562. The maximum absolute atomic E-state index is 11.7. The Balaban J connectivity index is 1.80. The van der Waals surface area contributed by atoms with Crippen molar-refractivity contribution in [3.05, 3.63) is 29.8 Å². The smallest absolute Gasteiger partial charge is 0.248 e. The summed E-state index contributed by atoms with van der Waals surface area (Å²) in [6.07, 6.45) is 1.91. The summed E-state index contributed by atoms with van der Waals surface area (Å²) < 4.78 is 4.89. The van der Waals surface area contributed by atoms with E-state index in [4.69, 9.17) is 4.74 Å². The number of ether oxygens (including phenoxy) is 1. The molecule has 1 aromatic carbocycles. The first-order valence-electron chi connectivity index (χ1n) is 7.42. The van der Waals surface area contributed by atoms with E-state index in [9.17, 15) is 9.90 Å². The standard InChI is InChI=1S/C16H24N2O3/c1-12(13-3-5-15(19)6-4-13)17-14-7-9-18(10-8-14)16(20)11-21-2/h3-6,12,14,17,19H,7-11H2,1-2H3. The van der Waals surface area contributed by atoms with E-state index in [1.807, 2.05) is 17.0 Å². The third-order valence-electron chi connectivity index (χ3n) is 3.99. The van der Waals surface area contributed by atoms with Crippen LogP contribution < -0.4 is 5.32 Å².